The van der Waals surface area contributed by atoms with Crippen LogP contribution in [0.1, 0.15) is 46.5 Å². The molecule has 0 aromatic rings. The van der Waals surface area contributed by atoms with Crippen molar-refractivity contribution in [2.75, 3.05) is 6.61 Å². The van der Waals surface area contributed by atoms with Crippen LogP contribution in [0.5, 0.6) is 0 Å². The van der Waals surface area contributed by atoms with E-state index in [4.69, 9.17) is 4.74 Å². The molecule has 14 heavy (non-hydrogen) atoms. The highest BCUT2D eigenvalue weighted by Gasteiger charge is 2.48. The lowest BCUT2D eigenvalue weighted by Gasteiger charge is -2.42. The summed E-state index contributed by atoms with van der Waals surface area (Å²) < 4.78 is 5.64. The SMILES string of the molecule is CC(C)(C)C1CCC2(O)CCOC2C1. The highest BCUT2D eigenvalue weighted by atomic mass is 16.5. The monoisotopic (exact) mass is 198 g/mol. The average molecular weight is 198 g/mol. The second-order valence-electron chi connectivity index (χ2n) is 6.05. The first-order valence-corrected chi connectivity index (χ1v) is 5.76. The Morgan fingerprint density at radius 1 is 1.29 bits per heavy atom. The van der Waals surface area contributed by atoms with Crippen molar-refractivity contribution in [1.82, 2.24) is 0 Å². The highest BCUT2D eigenvalue weighted by Crippen LogP contribution is 2.46. The van der Waals surface area contributed by atoms with Crippen LogP contribution in [0.25, 0.3) is 0 Å². The van der Waals surface area contributed by atoms with Gasteiger partial charge in [0, 0.05) is 13.0 Å². The van der Waals surface area contributed by atoms with Crippen LogP contribution in [0.15, 0.2) is 0 Å². The lowest BCUT2D eigenvalue weighted by molar-refractivity contribution is -0.0898. The first-order valence-electron chi connectivity index (χ1n) is 5.76. The predicted molar refractivity (Wildman–Crippen MR) is 56.1 cm³/mol. The fraction of sp³-hybridized carbons (Fsp3) is 1.00. The second kappa shape index (κ2) is 3.21. The van der Waals surface area contributed by atoms with Crippen molar-refractivity contribution in [3.05, 3.63) is 0 Å². The number of fused-ring (bicyclic) bond motifs is 1. The van der Waals surface area contributed by atoms with E-state index in [1.54, 1.807) is 0 Å². The van der Waals surface area contributed by atoms with Gasteiger partial charge in [0.05, 0.1) is 11.7 Å². The molecular formula is C12H22O2. The van der Waals surface area contributed by atoms with Gasteiger partial charge in [0.25, 0.3) is 0 Å². The van der Waals surface area contributed by atoms with Crippen LogP contribution in [0.4, 0.5) is 0 Å². The van der Waals surface area contributed by atoms with Crippen molar-refractivity contribution in [1.29, 1.82) is 0 Å². The summed E-state index contributed by atoms with van der Waals surface area (Å²) in [4.78, 5) is 0. The molecule has 82 valence electrons. The van der Waals surface area contributed by atoms with Crippen LogP contribution >= 0.6 is 0 Å². The fourth-order valence-corrected chi connectivity index (χ4v) is 2.85. The van der Waals surface area contributed by atoms with Gasteiger partial charge in [-0.25, -0.2) is 0 Å². The molecule has 0 radical (unpaired) electrons. The predicted octanol–water partition coefficient (Wildman–Crippen LogP) is 2.35. The summed E-state index contributed by atoms with van der Waals surface area (Å²) in [5.74, 6) is 0.700. The Labute approximate surface area is 86.6 Å². The van der Waals surface area contributed by atoms with Crippen LogP contribution in [-0.2, 0) is 4.74 Å². The van der Waals surface area contributed by atoms with E-state index in [0.717, 1.165) is 32.3 Å². The third-order valence-electron chi connectivity index (χ3n) is 4.10. The summed E-state index contributed by atoms with van der Waals surface area (Å²) in [5, 5.41) is 10.3. The lowest BCUT2D eigenvalue weighted by atomic mass is 9.67. The molecule has 3 unspecified atom stereocenters. The molecule has 1 N–H and O–H groups in total. The molecule has 0 amide bonds. The van der Waals surface area contributed by atoms with Gasteiger partial charge in [-0.3, -0.25) is 0 Å². The van der Waals surface area contributed by atoms with Crippen LogP contribution in [0, 0.1) is 11.3 Å². The van der Waals surface area contributed by atoms with Gasteiger partial charge in [-0.05, 0) is 30.6 Å². The molecular weight excluding hydrogens is 176 g/mol. The van der Waals surface area contributed by atoms with Crippen LogP contribution in [0.3, 0.4) is 0 Å². The first kappa shape index (κ1) is 10.4. The molecule has 2 aliphatic rings. The molecule has 1 saturated heterocycles. The normalized spacial score (nSPS) is 43.7. The largest absolute Gasteiger partial charge is 0.387 e. The molecule has 1 aliphatic heterocycles. The molecule has 2 heteroatoms. The van der Waals surface area contributed by atoms with Gasteiger partial charge in [0.1, 0.15) is 0 Å². The van der Waals surface area contributed by atoms with Gasteiger partial charge in [0.15, 0.2) is 0 Å². The van der Waals surface area contributed by atoms with Gasteiger partial charge < -0.3 is 9.84 Å². The van der Waals surface area contributed by atoms with E-state index in [1.165, 1.54) is 0 Å². The number of hydrogen-bond donors (Lipinski definition) is 1. The molecule has 0 bridgehead atoms. The van der Waals surface area contributed by atoms with E-state index in [0.29, 0.717) is 11.3 Å². The molecule has 1 saturated carbocycles. The number of ether oxygens (including phenoxy) is 1. The Morgan fingerprint density at radius 2 is 2.00 bits per heavy atom. The molecule has 2 fully saturated rings. The zero-order valence-electron chi connectivity index (χ0n) is 9.55. The van der Waals surface area contributed by atoms with E-state index in [-0.39, 0.29) is 6.10 Å². The van der Waals surface area contributed by atoms with Crippen LogP contribution < -0.4 is 0 Å². The molecule has 2 nitrogen and oxygen atoms in total. The molecule has 1 aliphatic carbocycles. The number of rotatable bonds is 0. The summed E-state index contributed by atoms with van der Waals surface area (Å²) in [7, 11) is 0. The molecule has 0 aromatic carbocycles. The van der Waals surface area contributed by atoms with Gasteiger partial charge in [-0.2, -0.15) is 0 Å². The Kier molecular flexibility index (Phi) is 2.39. The molecule has 2 rings (SSSR count). The van der Waals surface area contributed by atoms with Gasteiger partial charge >= 0.3 is 0 Å². The Bertz CT molecular complexity index is 219. The fourth-order valence-electron chi connectivity index (χ4n) is 2.85. The van der Waals surface area contributed by atoms with Crippen molar-refractivity contribution in [3.63, 3.8) is 0 Å². The number of hydrogen-bond acceptors (Lipinski definition) is 2. The van der Waals surface area contributed by atoms with Gasteiger partial charge in [-0.1, -0.05) is 20.8 Å². The van der Waals surface area contributed by atoms with E-state index >= 15 is 0 Å². The summed E-state index contributed by atoms with van der Waals surface area (Å²) in [5.41, 5.74) is -0.130. The topological polar surface area (TPSA) is 29.5 Å². The Morgan fingerprint density at radius 3 is 2.64 bits per heavy atom. The minimum absolute atomic E-state index is 0.112. The third-order valence-corrected chi connectivity index (χ3v) is 4.10. The minimum Gasteiger partial charge on any atom is -0.387 e. The standard InChI is InChI=1S/C12H22O2/c1-11(2,3)9-4-5-12(13)6-7-14-10(12)8-9/h9-10,13H,4-8H2,1-3H3. The van der Waals surface area contributed by atoms with Crippen molar-refractivity contribution >= 4 is 0 Å². The van der Waals surface area contributed by atoms with Gasteiger partial charge in [0.2, 0.25) is 0 Å². The summed E-state index contributed by atoms with van der Waals surface area (Å²) in [6.07, 6.45) is 4.08. The summed E-state index contributed by atoms with van der Waals surface area (Å²) >= 11 is 0. The first-order chi connectivity index (χ1) is 6.42. The van der Waals surface area contributed by atoms with E-state index < -0.39 is 5.60 Å². The van der Waals surface area contributed by atoms with E-state index in [9.17, 15) is 5.11 Å². The van der Waals surface area contributed by atoms with Crippen molar-refractivity contribution < 1.29 is 9.84 Å². The molecule has 1 heterocycles. The zero-order chi connectivity index (χ0) is 10.4. The smallest absolute Gasteiger partial charge is 0.0930 e. The zero-order valence-corrected chi connectivity index (χ0v) is 9.55. The quantitative estimate of drug-likeness (QED) is 0.647. The highest BCUT2D eigenvalue weighted by molar-refractivity contribution is 4.99. The second-order valence-corrected chi connectivity index (χ2v) is 6.05. The van der Waals surface area contributed by atoms with Gasteiger partial charge in [-0.15, -0.1) is 0 Å². The number of aliphatic hydroxyl groups is 1. The molecule has 3 atom stereocenters. The maximum atomic E-state index is 10.3. The summed E-state index contributed by atoms with van der Waals surface area (Å²) in [6.45, 7) is 7.61. The van der Waals surface area contributed by atoms with Crippen molar-refractivity contribution in [2.45, 2.75) is 58.2 Å². The minimum atomic E-state index is -0.484. The summed E-state index contributed by atoms with van der Waals surface area (Å²) in [6, 6.07) is 0. The van der Waals surface area contributed by atoms with E-state index in [2.05, 4.69) is 20.8 Å². The maximum absolute atomic E-state index is 10.3. The molecule has 0 spiro atoms. The molecule has 0 aromatic heterocycles. The Balaban J connectivity index is 2.05. The third kappa shape index (κ3) is 1.70. The van der Waals surface area contributed by atoms with Crippen LogP contribution in [-0.4, -0.2) is 23.4 Å². The van der Waals surface area contributed by atoms with Crippen molar-refractivity contribution in [2.24, 2.45) is 11.3 Å². The Hall–Kier alpha value is -0.0800. The van der Waals surface area contributed by atoms with Crippen LogP contribution in [0.2, 0.25) is 0 Å². The average Bonchev–Trinajstić information content (AvgIpc) is 2.42. The van der Waals surface area contributed by atoms with Crippen molar-refractivity contribution in [3.8, 4) is 0 Å². The van der Waals surface area contributed by atoms with E-state index in [1.807, 2.05) is 0 Å². The lowest BCUT2D eigenvalue weighted by Crippen LogP contribution is -2.45. The maximum Gasteiger partial charge on any atom is 0.0930 e.